The molecule has 0 amide bonds. The molecule has 0 spiro atoms. The SMILES string of the molecule is FCCn1ccc(CNCc2cccc(F)c2F)n1. The van der Waals surface area contributed by atoms with Crippen molar-refractivity contribution in [2.45, 2.75) is 19.6 Å². The predicted octanol–water partition coefficient (Wildman–Crippen LogP) is 2.42. The summed E-state index contributed by atoms with van der Waals surface area (Å²) in [6.07, 6.45) is 1.68. The molecule has 2 aromatic rings. The van der Waals surface area contributed by atoms with Crippen LogP contribution in [0.1, 0.15) is 11.3 Å². The standard InChI is InChI=1S/C13H14F3N3/c14-5-7-19-6-4-11(18-19)9-17-8-10-2-1-3-12(15)13(10)16/h1-4,6,17H,5,7-9H2. The normalized spacial score (nSPS) is 10.9. The van der Waals surface area contributed by atoms with Gasteiger partial charge in [0.05, 0.1) is 12.2 Å². The first-order chi connectivity index (χ1) is 9.20. The fraction of sp³-hybridized carbons (Fsp3) is 0.308. The molecule has 0 unspecified atom stereocenters. The van der Waals surface area contributed by atoms with Gasteiger partial charge in [0.2, 0.25) is 0 Å². The summed E-state index contributed by atoms with van der Waals surface area (Å²) in [5, 5.41) is 7.08. The number of alkyl halides is 1. The molecule has 102 valence electrons. The van der Waals surface area contributed by atoms with Gasteiger partial charge in [-0.1, -0.05) is 12.1 Å². The van der Waals surface area contributed by atoms with Crippen LogP contribution in [0.2, 0.25) is 0 Å². The van der Waals surface area contributed by atoms with Gasteiger partial charge in [0, 0.05) is 24.8 Å². The van der Waals surface area contributed by atoms with E-state index >= 15 is 0 Å². The zero-order valence-corrected chi connectivity index (χ0v) is 10.2. The van der Waals surface area contributed by atoms with Crippen molar-refractivity contribution in [3.8, 4) is 0 Å². The summed E-state index contributed by atoms with van der Waals surface area (Å²) < 4.78 is 39.9. The van der Waals surface area contributed by atoms with Crippen molar-refractivity contribution in [2.24, 2.45) is 0 Å². The zero-order chi connectivity index (χ0) is 13.7. The molecule has 1 aromatic carbocycles. The van der Waals surface area contributed by atoms with Gasteiger partial charge in [-0.25, -0.2) is 13.2 Å². The maximum Gasteiger partial charge on any atom is 0.163 e. The smallest absolute Gasteiger partial charge is 0.163 e. The predicted molar refractivity (Wildman–Crippen MR) is 65.1 cm³/mol. The van der Waals surface area contributed by atoms with E-state index < -0.39 is 18.3 Å². The van der Waals surface area contributed by atoms with Crippen molar-refractivity contribution in [1.82, 2.24) is 15.1 Å². The van der Waals surface area contributed by atoms with E-state index in [0.29, 0.717) is 6.54 Å². The summed E-state index contributed by atoms with van der Waals surface area (Å²) in [5.74, 6) is -1.69. The Hall–Kier alpha value is -1.82. The van der Waals surface area contributed by atoms with E-state index in [2.05, 4.69) is 10.4 Å². The van der Waals surface area contributed by atoms with E-state index in [0.717, 1.165) is 11.8 Å². The summed E-state index contributed by atoms with van der Waals surface area (Å²) in [7, 11) is 0. The number of aromatic nitrogens is 2. The maximum absolute atomic E-state index is 13.4. The Kier molecular flexibility index (Phi) is 4.57. The second kappa shape index (κ2) is 6.38. The molecule has 2 rings (SSSR count). The number of halogens is 3. The highest BCUT2D eigenvalue weighted by atomic mass is 19.2. The first-order valence-electron chi connectivity index (χ1n) is 5.92. The summed E-state index contributed by atoms with van der Waals surface area (Å²) >= 11 is 0. The van der Waals surface area contributed by atoms with Gasteiger partial charge in [-0.05, 0) is 12.1 Å². The average molecular weight is 269 g/mol. The van der Waals surface area contributed by atoms with E-state index in [4.69, 9.17) is 0 Å². The van der Waals surface area contributed by atoms with E-state index in [9.17, 15) is 13.2 Å². The van der Waals surface area contributed by atoms with Gasteiger partial charge in [-0.15, -0.1) is 0 Å². The van der Waals surface area contributed by atoms with Gasteiger partial charge in [0.25, 0.3) is 0 Å². The molecular formula is C13H14F3N3. The molecule has 0 aliphatic rings. The van der Waals surface area contributed by atoms with Crippen molar-refractivity contribution in [2.75, 3.05) is 6.67 Å². The molecule has 6 heteroatoms. The van der Waals surface area contributed by atoms with Gasteiger partial charge >= 0.3 is 0 Å². The van der Waals surface area contributed by atoms with Crippen LogP contribution in [0.3, 0.4) is 0 Å². The fourth-order valence-corrected chi connectivity index (χ4v) is 1.72. The van der Waals surface area contributed by atoms with Crippen LogP contribution >= 0.6 is 0 Å². The third-order valence-corrected chi connectivity index (χ3v) is 2.66. The molecule has 0 bridgehead atoms. The lowest BCUT2D eigenvalue weighted by atomic mass is 10.2. The first kappa shape index (κ1) is 13.6. The summed E-state index contributed by atoms with van der Waals surface area (Å²) in [6.45, 7) is 0.371. The quantitative estimate of drug-likeness (QED) is 0.872. The highest BCUT2D eigenvalue weighted by Crippen LogP contribution is 2.11. The Labute approximate surface area is 109 Å². The van der Waals surface area contributed by atoms with E-state index in [1.807, 2.05) is 0 Å². The average Bonchev–Trinajstić information content (AvgIpc) is 2.83. The molecule has 0 fully saturated rings. The minimum absolute atomic E-state index is 0.208. The lowest BCUT2D eigenvalue weighted by Crippen LogP contribution is -2.15. The van der Waals surface area contributed by atoms with E-state index in [-0.39, 0.29) is 18.7 Å². The largest absolute Gasteiger partial charge is 0.307 e. The first-order valence-corrected chi connectivity index (χ1v) is 5.92. The van der Waals surface area contributed by atoms with Gasteiger partial charge in [-0.3, -0.25) is 4.68 Å². The van der Waals surface area contributed by atoms with Gasteiger partial charge in [0.15, 0.2) is 11.6 Å². The summed E-state index contributed by atoms with van der Waals surface area (Å²) in [5.41, 5.74) is 0.994. The molecule has 19 heavy (non-hydrogen) atoms. The number of aryl methyl sites for hydroxylation is 1. The Morgan fingerprint density at radius 3 is 2.79 bits per heavy atom. The van der Waals surface area contributed by atoms with Crippen LogP contribution in [0, 0.1) is 11.6 Å². The van der Waals surface area contributed by atoms with E-state index in [1.165, 1.54) is 16.8 Å². The number of hydrogen-bond acceptors (Lipinski definition) is 2. The van der Waals surface area contributed by atoms with Gasteiger partial charge < -0.3 is 5.32 Å². The van der Waals surface area contributed by atoms with Crippen LogP contribution in [-0.4, -0.2) is 16.5 Å². The number of nitrogens with zero attached hydrogens (tertiary/aromatic N) is 2. The minimum Gasteiger partial charge on any atom is -0.307 e. The van der Waals surface area contributed by atoms with Crippen LogP contribution in [0.5, 0.6) is 0 Å². The number of hydrogen-bond donors (Lipinski definition) is 1. The number of rotatable bonds is 6. The molecule has 0 aliphatic carbocycles. The number of nitrogens with one attached hydrogen (secondary N) is 1. The molecule has 1 N–H and O–H groups in total. The molecule has 0 saturated heterocycles. The lowest BCUT2D eigenvalue weighted by Gasteiger charge is -2.05. The Bertz CT molecular complexity index is 540. The van der Waals surface area contributed by atoms with Crippen LogP contribution in [-0.2, 0) is 19.6 Å². The van der Waals surface area contributed by atoms with E-state index in [1.54, 1.807) is 12.3 Å². The van der Waals surface area contributed by atoms with Gasteiger partial charge in [0.1, 0.15) is 6.67 Å². The molecule has 0 atom stereocenters. The van der Waals surface area contributed by atoms with Crippen molar-refractivity contribution in [3.63, 3.8) is 0 Å². The highest BCUT2D eigenvalue weighted by molar-refractivity contribution is 5.18. The monoisotopic (exact) mass is 269 g/mol. The molecule has 3 nitrogen and oxygen atoms in total. The molecule has 0 aliphatic heterocycles. The Morgan fingerprint density at radius 2 is 2.00 bits per heavy atom. The van der Waals surface area contributed by atoms with Crippen LogP contribution in [0.15, 0.2) is 30.5 Å². The minimum atomic E-state index is -0.855. The molecular weight excluding hydrogens is 255 g/mol. The van der Waals surface area contributed by atoms with Crippen molar-refractivity contribution in [1.29, 1.82) is 0 Å². The van der Waals surface area contributed by atoms with Crippen molar-refractivity contribution in [3.05, 3.63) is 53.4 Å². The summed E-state index contributed by atoms with van der Waals surface area (Å²) in [6, 6.07) is 5.82. The Balaban J connectivity index is 1.87. The maximum atomic E-state index is 13.4. The van der Waals surface area contributed by atoms with Crippen molar-refractivity contribution >= 4 is 0 Å². The third-order valence-electron chi connectivity index (χ3n) is 2.66. The second-order valence-electron chi connectivity index (χ2n) is 4.08. The van der Waals surface area contributed by atoms with Crippen molar-refractivity contribution < 1.29 is 13.2 Å². The molecule has 1 heterocycles. The molecule has 0 radical (unpaired) electrons. The summed E-state index contributed by atoms with van der Waals surface area (Å²) in [4.78, 5) is 0. The van der Waals surface area contributed by atoms with Crippen LogP contribution in [0.25, 0.3) is 0 Å². The molecule has 1 aromatic heterocycles. The fourth-order valence-electron chi connectivity index (χ4n) is 1.72. The lowest BCUT2D eigenvalue weighted by molar-refractivity contribution is 0.425. The van der Waals surface area contributed by atoms with Gasteiger partial charge in [-0.2, -0.15) is 5.10 Å². The topological polar surface area (TPSA) is 29.9 Å². The van der Waals surface area contributed by atoms with Crippen LogP contribution < -0.4 is 5.32 Å². The highest BCUT2D eigenvalue weighted by Gasteiger charge is 2.07. The molecule has 0 saturated carbocycles. The van der Waals surface area contributed by atoms with Crippen LogP contribution in [0.4, 0.5) is 13.2 Å². The Morgan fingerprint density at radius 1 is 1.16 bits per heavy atom. The second-order valence-corrected chi connectivity index (χ2v) is 4.08. The third kappa shape index (κ3) is 3.57. The zero-order valence-electron chi connectivity index (χ0n) is 10.2. The number of benzene rings is 1.